The maximum atomic E-state index is 10.9. The molecule has 1 saturated heterocycles. The first-order valence-corrected chi connectivity index (χ1v) is 5.79. The van der Waals surface area contributed by atoms with Gasteiger partial charge in [0, 0.05) is 4.47 Å². The highest BCUT2D eigenvalue weighted by atomic mass is 79.9. The van der Waals surface area contributed by atoms with Gasteiger partial charge in [0.25, 0.3) is 5.24 Å². The molecule has 0 atom stereocenters. The van der Waals surface area contributed by atoms with Gasteiger partial charge in [-0.3, -0.25) is 4.79 Å². The van der Waals surface area contributed by atoms with Gasteiger partial charge in [0.1, 0.15) is 5.84 Å². The molecular formula is C9H7BrN2OS. The average Bonchev–Trinajstić information content (AvgIpc) is 2.51. The Labute approximate surface area is 94.1 Å². The smallest absolute Gasteiger partial charge is 0.284 e. The van der Waals surface area contributed by atoms with Crippen molar-refractivity contribution in [3.63, 3.8) is 0 Å². The minimum Gasteiger partial charge on any atom is -0.304 e. The molecule has 3 nitrogen and oxygen atoms in total. The fourth-order valence-corrected chi connectivity index (χ4v) is 2.07. The second-order valence-corrected chi connectivity index (χ2v) is 4.60. The lowest BCUT2D eigenvalue weighted by atomic mass is 10.3. The average molecular weight is 271 g/mol. The lowest BCUT2D eigenvalue weighted by molar-refractivity contribution is 0.265. The number of benzene rings is 1. The zero-order chi connectivity index (χ0) is 9.97. The van der Waals surface area contributed by atoms with Crippen molar-refractivity contribution in [2.45, 2.75) is 0 Å². The molecule has 0 bridgehead atoms. The zero-order valence-corrected chi connectivity index (χ0v) is 9.56. The molecule has 14 heavy (non-hydrogen) atoms. The Hall–Kier alpha value is -0.810. The van der Waals surface area contributed by atoms with E-state index in [1.165, 1.54) is 11.8 Å². The molecule has 1 amide bonds. The van der Waals surface area contributed by atoms with Crippen molar-refractivity contribution in [1.82, 2.24) is 5.32 Å². The Morgan fingerprint density at radius 2 is 2.36 bits per heavy atom. The first-order valence-electron chi connectivity index (χ1n) is 4.01. The van der Waals surface area contributed by atoms with Crippen molar-refractivity contribution in [1.29, 1.82) is 0 Å². The lowest BCUT2D eigenvalue weighted by Crippen LogP contribution is -2.18. The molecule has 2 rings (SSSR count). The Morgan fingerprint density at radius 1 is 1.50 bits per heavy atom. The van der Waals surface area contributed by atoms with E-state index in [2.05, 4.69) is 26.2 Å². The number of hydrogen-bond acceptors (Lipinski definition) is 3. The second kappa shape index (κ2) is 4.14. The van der Waals surface area contributed by atoms with Crippen molar-refractivity contribution < 1.29 is 4.79 Å². The standard InChI is InChI=1S/C9H7BrN2OS/c10-6-2-1-3-7(4-6)11-8-5-14-9(13)12-8/h1-4H,5H2,(H,11,12,13). The van der Waals surface area contributed by atoms with E-state index >= 15 is 0 Å². The van der Waals surface area contributed by atoms with Crippen molar-refractivity contribution in [2.75, 3.05) is 5.75 Å². The van der Waals surface area contributed by atoms with E-state index in [0.29, 0.717) is 5.75 Å². The summed E-state index contributed by atoms with van der Waals surface area (Å²) in [5.41, 5.74) is 0.845. The summed E-state index contributed by atoms with van der Waals surface area (Å²) in [6, 6.07) is 7.65. The third-order valence-electron chi connectivity index (χ3n) is 1.66. The van der Waals surface area contributed by atoms with Gasteiger partial charge >= 0.3 is 0 Å². The van der Waals surface area contributed by atoms with E-state index in [1.54, 1.807) is 0 Å². The molecule has 1 heterocycles. The SMILES string of the molecule is O=C1NC(=Nc2cccc(Br)c2)CS1. The molecule has 0 spiro atoms. The predicted molar refractivity (Wildman–Crippen MR) is 62.2 cm³/mol. The van der Waals surface area contributed by atoms with Crippen molar-refractivity contribution in [2.24, 2.45) is 4.99 Å². The van der Waals surface area contributed by atoms with E-state index in [0.717, 1.165) is 16.0 Å². The summed E-state index contributed by atoms with van der Waals surface area (Å²) in [7, 11) is 0. The van der Waals surface area contributed by atoms with Gasteiger partial charge in [-0.1, -0.05) is 33.8 Å². The van der Waals surface area contributed by atoms with Crippen LogP contribution in [0.15, 0.2) is 33.7 Å². The summed E-state index contributed by atoms with van der Waals surface area (Å²) in [6.07, 6.45) is 0. The van der Waals surface area contributed by atoms with Gasteiger partial charge in [0.15, 0.2) is 0 Å². The molecule has 1 aliphatic rings. The van der Waals surface area contributed by atoms with E-state index < -0.39 is 0 Å². The Kier molecular flexibility index (Phi) is 2.88. The number of hydrogen-bond donors (Lipinski definition) is 1. The van der Waals surface area contributed by atoms with E-state index in [1.807, 2.05) is 24.3 Å². The molecule has 1 fully saturated rings. The molecule has 1 aromatic carbocycles. The number of amidine groups is 1. The Bertz CT molecular complexity index is 406. The van der Waals surface area contributed by atoms with Gasteiger partial charge in [-0.15, -0.1) is 0 Å². The molecule has 5 heteroatoms. The van der Waals surface area contributed by atoms with Gasteiger partial charge in [-0.2, -0.15) is 0 Å². The van der Waals surface area contributed by atoms with Crippen LogP contribution >= 0.6 is 27.7 Å². The van der Waals surface area contributed by atoms with Crippen LogP contribution in [0.1, 0.15) is 0 Å². The quantitative estimate of drug-likeness (QED) is 0.853. The number of carbonyl (C=O) groups excluding carboxylic acids is 1. The summed E-state index contributed by atoms with van der Waals surface area (Å²) in [6.45, 7) is 0. The fraction of sp³-hybridized carbons (Fsp3) is 0.111. The number of amides is 1. The maximum Gasteiger partial charge on any atom is 0.284 e. The summed E-state index contributed by atoms with van der Waals surface area (Å²) in [4.78, 5) is 15.2. The first-order chi connectivity index (χ1) is 6.74. The van der Waals surface area contributed by atoms with Crippen molar-refractivity contribution in [3.8, 4) is 0 Å². The summed E-state index contributed by atoms with van der Waals surface area (Å²) >= 11 is 4.60. The van der Waals surface area contributed by atoms with E-state index in [-0.39, 0.29) is 5.24 Å². The number of halogens is 1. The van der Waals surface area contributed by atoms with Gasteiger partial charge in [-0.25, -0.2) is 4.99 Å². The second-order valence-electron chi connectivity index (χ2n) is 2.74. The number of nitrogens with one attached hydrogen (secondary N) is 1. The molecule has 0 unspecified atom stereocenters. The van der Waals surface area contributed by atoms with Gasteiger partial charge in [0.2, 0.25) is 0 Å². The molecule has 72 valence electrons. The highest BCUT2D eigenvalue weighted by Crippen LogP contribution is 2.20. The molecule has 1 N–H and O–H groups in total. The van der Waals surface area contributed by atoms with Crippen LogP contribution in [0, 0.1) is 0 Å². The molecule has 1 aliphatic heterocycles. The van der Waals surface area contributed by atoms with Crippen LogP contribution in [0.2, 0.25) is 0 Å². The normalized spacial score (nSPS) is 18.6. The number of aliphatic imine (C=N–C) groups is 1. The number of rotatable bonds is 1. The number of carbonyl (C=O) groups is 1. The van der Waals surface area contributed by atoms with Gasteiger partial charge < -0.3 is 5.32 Å². The zero-order valence-electron chi connectivity index (χ0n) is 7.16. The molecule has 0 aromatic heterocycles. The minimum absolute atomic E-state index is 0.0289. The summed E-state index contributed by atoms with van der Waals surface area (Å²) in [5.74, 6) is 1.35. The molecule has 0 radical (unpaired) electrons. The van der Waals surface area contributed by atoms with Crippen LogP contribution < -0.4 is 5.32 Å². The highest BCUT2D eigenvalue weighted by Gasteiger charge is 2.15. The molecular weight excluding hydrogens is 264 g/mol. The van der Waals surface area contributed by atoms with Crippen molar-refractivity contribution in [3.05, 3.63) is 28.7 Å². The molecule has 0 saturated carbocycles. The fourth-order valence-electron chi connectivity index (χ4n) is 1.09. The number of nitrogens with zero attached hydrogens (tertiary/aromatic N) is 1. The number of thioether (sulfide) groups is 1. The largest absolute Gasteiger partial charge is 0.304 e. The van der Waals surface area contributed by atoms with E-state index in [9.17, 15) is 4.79 Å². The summed E-state index contributed by atoms with van der Waals surface area (Å²) in [5, 5.41) is 2.65. The van der Waals surface area contributed by atoms with Gasteiger partial charge in [-0.05, 0) is 18.2 Å². The Morgan fingerprint density at radius 3 is 3.00 bits per heavy atom. The lowest BCUT2D eigenvalue weighted by Gasteiger charge is -1.97. The molecule has 0 aliphatic carbocycles. The monoisotopic (exact) mass is 270 g/mol. The predicted octanol–water partition coefficient (Wildman–Crippen LogP) is 2.94. The van der Waals surface area contributed by atoms with Crippen LogP contribution in [0.4, 0.5) is 10.5 Å². The molecule has 1 aromatic rings. The third-order valence-corrected chi connectivity index (χ3v) is 2.93. The topological polar surface area (TPSA) is 41.5 Å². The first kappa shape index (κ1) is 9.73. The summed E-state index contributed by atoms with van der Waals surface area (Å²) < 4.78 is 0.983. The van der Waals surface area contributed by atoms with Crippen LogP contribution in [-0.2, 0) is 0 Å². The van der Waals surface area contributed by atoms with Crippen LogP contribution in [0.3, 0.4) is 0 Å². The maximum absolute atomic E-state index is 10.9. The van der Waals surface area contributed by atoms with Crippen LogP contribution in [0.5, 0.6) is 0 Å². The highest BCUT2D eigenvalue weighted by molar-refractivity contribution is 9.10. The van der Waals surface area contributed by atoms with Gasteiger partial charge in [0.05, 0.1) is 11.4 Å². The van der Waals surface area contributed by atoms with Crippen molar-refractivity contribution >= 4 is 44.5 Å². The van der Waals surface area contributed by atoms with Crippen LogP contribution in [-0.4, -0.2) is 16.8 Å². The Balaban J connectivity index is 2.21. The van der Waals surface area contributed by atoms with Crippen LogP contribution in [0.25, 0.3) is 0 Å². The van der Waals surface area contributed by atoms with E-state index in [4.69, 9.17) is 0 Å². The third kappa shape index (κ3) is 2.36. The minimum atomic E-state index is -0.0289.